The number of hydrogen-bond donors (Lipinski definition) is 1. The highest BCUT2D eigenvalue weighted by molar-refractivity contribution is 9.10. The molecule has 0 aromatic heterocycles. The Morgan fingerprint density at radius 3 is 2.75 bits per heavy atom. The van der Waals surface area contributed by atoms with Crippen LogP contribution in [0.4, 0.5) is 8.78 Å². The van der Waals surface area contributed by atoms with Gasteiger partial charge in [0.15, 0.2) is 11.6 Å². The fourth-order valence-corrected chi connectivity index (χ4v) is 2.97. The first kappa shape index (κ1) is 15.4. The summed E-state index contributed by atoms with van der Waals surface area (Å²) in [5.41, 5.74) is 6.03. The molecule has 2 N–H and O–H groups in total. The van der Waals surface area contributed by atoms with Crippen molar-refractivity contribution in [3.63, 3.8) is 0 Å². The van der Waals surface area contributed by atoms with Crippen LogP contribution in [0.5, 0.6) is 0 Å². The lowest BCUT2D eigenvalue weighted by Crippen LogP contribution is -2.45. The van der Waals surface area contributed by atoms with Crippen molar-refractivity contribution in [3.05, 3.63) is 33.8 Å². The van der Waals surface area contributed by atoms with Crippen LogP contribution in [0.2, 0.25) is 0 Å². The topological polar surface area (TPSA) is 46.3 Å². The van der Waals surface area contributed by atoms with Crippen molar-refractivity contribution in [2.45, 2.75) is 25.8 Å². The zero-order chi connectivity index (χ0) is 14.9. The van der Waals surface area contributed by atoms with Crippen molar-refractivity contribution >= 4 is 21.8 Å². The van der Waals surface area contributed by atoms with Gasteiger partial charge in [-0.25, -0.2) is 8.78 Å². The van der Waals surface area contributed by atoms with Crippen molar-refractivity contribution in [2.75, 3.05) is 13.1 Å². The molecule has 2 unspecified atom stereocenters. The van der Waals surface area contributed by atoms with E-state index in [1.54, 1.807) is 4.90 Å². The monoisotopic (exact) mass is 346 g/mol. The maximum Gasteiger partial charge on any atom is 0.255 e. The molecular weight excluding hydrogens is 330 g/mol. The number of amides is 1. The SMILES string of the molecule is CC(N)C1CCCN(C(=O)c2cc(F)c(F)cc2Br)C1. The van der Waals surface area contributed by atoms with Gasteiger partial charge in [-0.3, -0.25) is 4.79 Å². The summed E-state index contributed by atoms with van der Waals surface area (Å²) in [6.07, 6.45) is 1.86. The van der Waals surface area contributed by atoms with Crippen molar-refractivity contribution in [1.29, 1.82) is 0 Å². The lowest BCUT2D eigenvalue weighted by molar-refractivity contribution is 0.0659. The number of likely N-dealkylation sites (tertiary alicyclic amines) is 1. The second kappa shape index (κ2) is 6.18. The van der Waals surface area contributed by atoms with Gasteiger partial charge in [-0.2, -0.15) is 0 Å². The first-order valence-electron chi connectivity index (χ1n) is 6.59. The molecule has 1 saturated heterocycles. The van der Waals surface area contributed by atoms with Gasteiger partial charge in [0.05, 0.1) is 5.56 Å². The van der Waals surface area contributed by atoms with Crippen LogP contribution in [0.1, 0.15) is 30.1 Å². The summed E-state index contributed by atoms with van der Waals surface area (Å²) in [6, 6.07) is 1.94. The minimum Gasteiger partial charge on any atom is -0.338 e. The van der Waals surface area contributed by atoms with Crippen LogP contribution in [0, 0.1) is 17.6 Å². The molecule has 0 radical (unpaired) electrons. The highest BCUT2D eigenvalue weighted by atomic mass is 79.9. The van der Waals surface area contributed by atoms with Crippen LogP contribution in [-0.4, -0.2) is 29.9 Å². The van der Waals surface area contributed by atoms with E-state index in [1.165, 1.54) is 0 Å². The molecule has 1 amide bonds. The summed E-state index contributed by atoms with van der Waals surface area (Å²) >= 11 is 3.11. The third-order valence-corrected chi connectivity index (χ3v) is 4.39. The van der Waals surface area contributed by atoms with Gasteiger partial charge in [-0.15, -0.1) is 0 Å². The van der Waals surface area contributed by atoms with Crippen LogP contribution in [0.3, 0.4) is 0 Å². The van der Waals surface area contributed by atoms with Crippen LogP contribution < -0.4 is 5.73 Å². The molecule has 1 heterocycles. The number of nitrogens with zero attached hydrogens (tertiary/aromatic N) is 1. The maximum atomic E-state index is 13.3. The van der Waals surface area contributed by atoms with Gasteiger partial charge in [-0.1, -0.05) is 0 Å². The van der Waals surface area contributed by atoms with Crippen LogP contribution in [0.15, 0.2) is 16.6 Å². The fourth-order valence-electron chi connectivity index (χ4n) is 2.48. The number of hydrogen-bond acceptors (Lipinski definition) is 2. The van der Waals surface area contributed by atoms with E-state index in [-0.39, 0.29) is 27.9 Å². The molecule has 1 aromatic carbocycles. The first-order chi connectivity index (χ1) is 9.40. The molecule has 3 nitrogen and oxygen atoms in total. The summed E-state index contributed by atoms with van der Waals surface area (Å²) in [4.78, 5) is 14.1. The molecule has 2 rings (SSSR count). The highest BCUT2D eigenvalue weighted by Gasteiger charge is 2.28. The molecule has 0 bridgehead atoms. The van der Waals surface area contributed by atoms with Gasteiger partial charge < -0.3 is 10.6 Å². The van der Waals surface area contributed by atoms with Gasteiger partial charge in [0.2, 0.25) is 0 Å². The summed E-state index contributed by atoms with van der Waals surface area (Å²) in [5, 5.41) is 0. The Balaban J connectivity index is 2.21. The third kappa shape index (κ3) is 3.17. The van der Waals surface area contributed by atoms with E-state index in [4.69, 9.17) is 5.73 Å². The Morgan fingerprint density at radius 1 is 1.45 bits per heavy atom. The van der Waals surface area contributed by atoms with E-state index in [9.17, 15) is 13.6 Å². The van der Waals surface area contributed by atoms with E-state index < -0.39 is 11.6 Å². The molecule has 110 valence electrons. The molecule has 1 aliphatic heterocycles. The van der Waals surface area contributed by atoms with Crippen molar-refractivity contribution < 1.29 is 13.6 Å². The minimum absolute atomic E-state index is 0.0130. The van der Waals surface area contributed by atoms with E-state index in [1.807, 2.05) is 6.92 Å². The predicted octanol–water partition coefficient (Wildman–Crippen LogP) is 2.93. The number of carbonyl (C=O) groups is 1. The first-order valence-corrected chi connectivity index (χ1v) is 7.39. The number of carbonyl (C=O) groups excluding carboxylic acids is 1. The van der Waals surface area contributed by atoms with Crippen molar-refractivity contribution in [3.8, 4) is 0 Å². The lowest BCUT2D eigenvalue weighted by atomic mass is 9.92. The quantitative estimate of drug-likeness (QED) is 0.837. The molecule has 0 saturated carbocycles. The van der Waals surface area contributed by atoms with Crippen LogP contribution in [0.25, 0.3) is 0 Å². The van der Waals surface area contributed by atoms with E-state index in [0.29, 0.717) is 13.1 Å². The largest absolute Gasteiger partial charge is 0.338 e. The smallest absolute Gasteiger partial charge is 0.255 e. The number of benzene rings is 1. The molecule has 0 aliphatic carbocycles. The Hall–Kier alpha value is -1.01. The van der Waals surface area contributed by atoms with Gasteiger partial charge in [0.1, 0.15) is 0 Å². The average molecular weight is 347 g/mol. The fraction of sp³-hybridized carbons (Fsp3) is 0.500. The number of piperidine rings is 1. The van der Waals surface area contributed by atoms with Crippen LogP contribution in [-0.2, 0) is 0 Å². The standard InChI is InChI=1S/C14H17BrF2N2O/c1-8(18)9-3-2-4-19(7-9)14(20)10-5-12(16)13(17)6-11(10)15/h5-6,8-9H,2-4,7,18H2,1H3. The molecule has 6 heteroatoms. The van der Waals surface area contributed by atoms with Gasteiger partial charge in [0, 0.05) is 23.6 Å². The van der Waals surface area contributed by atoms with Gasteiger partial charge in [-0.05, 0) is 53.7 Å². The van der Waals surface area contributed by atoms with Crippen molar-refractivity contribution in [1.82, 2.24) is 4.90 Å². The molecular formula is C14H17BrF2N2O. The summed E-state index contributed by atoms with van der Waals surface area (Å²) in [6.45, 7) is 3.10. The summed E-state index contributed by atoms with van der Waals surface area (Å²) < 4.78 is 26.7. The van der Waals surface area contributed by atoms with Gasteiger partial charge >= 0.3 is 0 Å². The highest BCUT2D eigenvalue weighted by Crippen LogP contribution is 2.25. The molecule has 1 fully saturated rings. The zero-order valence-electron chi connectivity index (χ0n) is 11.2. The zero-order valence-corrected chi connectivity index (χ0v) is 12.8. The number of rotatable bonds is 2. The number of halogens is 3. The third-order valence-electron chi connectivity index (χ3n) is 3.73. The Bertz CT molecular complexity index is 522. The Labute approximate surface area is 125 Å². The van der Waals surface area contributed by atoms with E-state index >= 15 is 0 Å². The molecule has 2 atom stereocenters. The van der Waals surface area contributed by atoms with Gasteiger partial charge in [0.25, 0.3) is 5.91 Å². The Morgan fingerprint density at radius 2 is 2.10 bits per heavy atom. The summed E-state index contributed by atoms with van der Waals surface area (Å²) in [7, 11) is 0. The average Bonchev–Trinajstić information content (AvgIpc) is 2.42. The maximum absolute atomic E-state index is 13.3. The second-order valence-electron chi connectivity index (χ2n) is 5.26. The molecule has 20 heavy (non-hydrogen) atoms. The van der Waals surface area contributed by atoms with E-state index in [0.717, 1.165) is 25.0 Å². The lowest BCUT2D eigenvalue weighted by Gasteiger charge is -2.34. The molecule has 1 aromatic rings. The Kier molecular flexibility index (Phi) is 4.75. The van der Waals surface area contributed by atoms with Crippen LogP contribution >= 0.6 is 15.9 Å². The molecule has 0 spiro atoms. The van der Waals surface area contributed by atoms with Crippen molar-refractivity contribution in [2.24, 2.45) is 11.7 Å². The summed E-state index contributed by atoms with van der Waals surface area (Å²) in [5.74, 6) is -2.03. The second-order valence-corrected chi connectivity index (χ2v) is 6.11. The normalized spacial score (nSPS) is 20.9. The van der Waals surface area contributed by atoms with E-state index in [2.05, 4.69) is 15.9 Å². The minimum atomic E-state index is -1.02. The number of nitrogens with two attached hydrogens (primary N) is 1. The predicted molar refractivity (Wildman–Crippen MR) is 76.3 cm³/mol. The molecule has 1 aliphatic rings.